The molecule has 0 heterocycles. The van der Waals surface area contributed by atoms with E-state index in [0.29, 0.717) is 19.6 Å². The topological polar surface area (TPSA) is 55.8 Å². The molecule has 0 aromatic heterocycles. The van der Waals surface area contributed by atoms with E-state index >= 15 is 0 Å². The van der Waals surface area contributed by atoms with Crippen LogP contribution in [0.4, 0.5) is 0 Å². The van der Waals surface area contributed by atoms with E-state index in [1.54, 1.807) is 0 Å². The molecular formula is C33H66O4. The van der Waals surface area contributed by atoms with Gasteiger partial charge in [-0.2, -0.15) is 0 Å². The summed E-state index contributed by atoms with van der Waals surface area (Å²) in [5.74, 6) is -0.198. The predicted octanol–water partition coefficient (Wildman–Crippen LogP) is 10.1. The molecule has 37 heavy (non-hydrogen) atoms. The van der Waals surface area contributed by atoms with Gasteiger partial charge in [-0.3, -0.25) is 4.79 Å². The summed E-state index contributed by atoms with van der Waals surface area (Å²) in [6.45, 7) is 5.36. The number of unbranched alkanes of at least 4 members (excludes halogenated alkanes) is 23. The Morgan fingerprint density at radius 2 is 0.892 bits per heavy atom. The summed E-state index contributed by atoms with van der Waals surface area (Å²) in [5, 5.41) is 9.50. The van der Waals surface area contributed by atoms with Crippen molar-refractivity contribution in [2.24, 2.45) is 0 Å². The Balaban J connectivity index is 3.39. The average molecular weight is 527 g/mol. The van der Waals surface area contributed by atoms with Crippen molar-refractivity contribution in [3.05, 3.63) is 0 Å². The van der Waals surface area contributed by atoms with Gasteiger partial charge in [0.25, 0.3) is 0 Å². The summed E-state index contributed by atoms with van der Waals surface area (Å²) in [6, 6.07) is 0. The van der Waals surface area contributed by atoms with E-state index in [9.17, 15) is 9.90 Å². The fourth-order valence-corrected chi connectivity index (χ4v) is 4.92. The molecule has 0 rings (SSSR count). The maximum absolute atomic E-state index is 12.1. The zero-order valence-corrected chi connectivity index (χ0v) is 25.3. The van der Waals surface area contributed by atoms with Crippen LogP contribution in [0.3, 0.4) is 0 Å². The smallest absolute Gasteiger partial charge is 0.306 e. The molecule has 222 valence electrons. The van der Waals surface area contributed by atoms with Crippen molar-refractivity contribution in [3.8, 4) is 0 Å². The van der Waals surface area contributed by atoms with Crippen molar-refractivity contribution in [1.29, 1.82) is 0 Å². The largest absolute Gasteiger partial charge is 0.457 e. The second-order valence-electron chi connectivity index (χ2n) is 11.3. The molecule has 4 heteroatoms. The maximum atomic E-state index is 12.1. The summed E-state index contributed by atoms with van der Waals surface area (Å²) in [4.78, 5) is 12.1. The molecule has 4 nitrogen and oxygen atoms in total. The first-order chi connectivity index (χ1) is 18.2. The molecule has 0 saturated carbocycles. The number of rotatable bonds is 31. The minimum atomic E-state index is -0.521. The van der Waals surface area contributed by atoms with Gasteiger partial charge in [0, 0.05) is 13.0 Å². The summed E-state index contributed by atoms with van der Waals surface area (Å²) in [5.41, 5.74) is 0. The number of carbonyl (C=O) groups is 1. The zero-order chi connectivity index (χ0) is 27.1. The highest BCUT2D eigenvalue weighted by atomic mass is 16.6. The Labute approximate surface area is 232 Å². The van der Waals surface area contributed by atoms with Crippen LogP contribution in [0.2, 0.25) is 0 Å². The molecule has 0 fully saturated rings. The van der Waals surface area contributed by atoms with E-state index in [-0.39, 0.29) is 12.6 Å². The summed E-state index contributed by atoms with van der Waals surface area (Å²) in [6.07, 6.45) is 32.7. The van der Waals surface area contributed by atoms with Crippen LogP contribution in [0.25, 0.3) is 0 Å². The van der Waals surface area contributed by atoms with Gasteiger partial charge in [-0.25, -0.2) is 0 Å². The van der Waals surface area contributed by atoms with E-state index in [2.05, 4.69) is 13.8 Å². The third kappa shape index (κ3) is 29.8. The van der Waals surface area contributed by atoms with Crippen LogP contribution in [0.1, 0.15) is 181 Å². The second-order valence-corrected chi connectivity index (χ2v) is 11.3. The summed E-state index contributed by atoms with van der Waals surface area (Å²) < 4.78 is 11.1. The lowest BCUT2D eigenvalue weighted by molar-refractivity contribution is -0.154. The Morgan fingerprint density at radius 1 is 0.541 bits per heavy atom. The molecule has 0 aliphatic carbocycles. The second kappa shape index (κ2) is 31.6. The third-order valence-electron chi connectivity index (χ3n) is 7.43. The number of aliphatic hydroxyl groups is 1. The molecule has 0 saturated heterocycles. The van der Waals surface area contributed by atoms with E-state index in [4.69, 9.17) is 9.47 Å². The third-order valence-corrected chi connectivity index (χ3v) is 7.43. The lowest BCUT2D eigenvalue weighted by Gasteiger charge is -2.16. The Kier molecular flexibility index (Phi) is 31.1. The number of aliphatic hydroxyl groups excluding tert-OH is 1. The van der Waals surface area contributed by atoms with Crippen molar-refractivity contribution >= 4 is 5.97 Å². The molecule has 0 bridgehead atoms. The fraction of sp³-hybridized carbons (Fsp3) is 0.970. The monoisotopic (exact) mass is 526 g/mol. The van der Waals surface area contributed by atoms with Crippen molar-refractivity contribution in [2.75, 3.05) is 19.8 Å². The van der Waals surface area contributed by atoms with Crippen LogP contribution in [0.5, 0.6) is 0 Å². The summed E-state index contributed by atoms with van der Waals surface area (Å²) in [7, 11) is 0. The maximum Gasteiger partial charge on any atom is 0.306 e. The van der Waals surface area contributed by atoms with Crippen molar-refractivity contribution < 1.29 is 19.4 Å². The number of ether oxygens (including phenoxy) is 2. The number of esters is 1. The molecule has 0 radical (unpaired) electrons. The lowest BCUT2D eigenvalue weighted by atomic mass is 10.0. The highest BCUT2D eigenvalue weighted by Gasteiger charge is 2.13. The van der Waals surface area contributed by atoms with Gasteiger partial charge in [-0.15, -0.1) is 0 Å². The first kappa shape index (κ1) is 36.4. The van der Waals surface area contributed by atoms with Gasteiger partial charge < -0.3 is 14.6 Å². The number of hydrogen-bond donors (Lipinski definition) is 1. The highest BCUT2D eigenvalue weighted by molar-refractivity contribution is 5.69. The molecule has 1 atom stereocenters. The van der Waals surface area contributed by atoms with Gasteiger partial charge in [0.05, 0.1) is 13.2 Å². The van der Waals surface area contributed by atoms with Gasteiger partial charge in [-0.05, 0) is 12.8 Å². The van der Waals surface area contributed by atoms with Crippen molar-refractivity contribution in [3.63, 3.8) is 0 Å². The fourth-order valence-electron chi connectivity index (χ4n) is 4.92. The predicted molar refractivity (Wildman–Crippen MR) is 159 cm³/mol. The molecule has 1 N–H and O–H groups in total. The van der Waals surface area contributed by atoms with Crippen LogP contribution in [-0.4, -0.2) is 37.0 Å². The van der Waals surface area contributed by atoms with Crippen LogP contribution >= 0.6 is 0 Å². The van der Waals surface area contributed by atoms with Crippen LogP contribution in [0.15, 0.2) is 0 Å². The first-order valence-corrected chi connectivity index (χ1v) is 16.6. The van der Waals surface area contributed by atoms with E-state index < -0.39 is 6.10 Å². The van der Waals surface area contributed by atoms with Crippen LogP contribution < -0.4 is 0 Å². The van der Waals surface area contributed by atoms with Gasteiger partial charge >= 0.3 is 5.97 Å². The SMILES string of the molecule is CCCCCCCCCCCCCCCCCC(=O)OC(CO)COCCCCCCCCCCCC. The molecule has 0 amide bonds. The average Bonchev–Trinajstić information content (AvgIpc) is 2.90. The molecular weight excluding hydrogens is 460 g/mol. The normalized spacial score (nSPS) is 12.2. The minimum absolute atomic E-state index is 0.164. The molecule has 0 aromatic carbocycles. The number of carbonyl (C=O) groups excluding carboxylic acids is 1. The zero-order valence-electron chi connectivity index (χ0n) is 25.3. The van der Waals surface area contributed by atoms with Gasteiger partial charge in [0.1, 0.15) is 6.10 Å². The highest BCUT2D eigenvalue weighted by Crippen LogP contribution is 2.14. The first-order valence-electron chi connectivity index (χ1n) is 16.6. The molecule has 1 unspecified atom stereocenters. The quantitative estimate of drug-likeness (QED) is 0.0721. The molecule has 0 spiro atoms. The van der Waals surface area contributed by atoms with E-state index in [1.807, 2.05) is 0 Å². The molecule has 0 aromatic rings. The van der Waals surface area contributed by atoms with Gasteiger partial charge in [-0.1, -0.05) is 162 Å². The van der Waals surface area contributed by atoms with Gasteiger partial charge in [0.15, 0.2) is 0 Å². The van der Waals surface area contributed by atoms with Crippen molar-refractivity contribution in [2.45, 2.75) is 187 Å². The molecule has 0 aliphatic heterocycles. The van der Waals surface area contributed by atoms with Crippen molar-refractivity contribution in [1.82, 2.24) is 0 Å². The van der Waals surface area contributed by atoms with Crippen LogP contribution in [0, 0.1) is 0 Å². The minimum Gasteiger partial charge on any atom is -0.457 e. The number of hydrogen-bond acceptors (Lipinski definition) is 4. The van der Waals surface area contributed by atoms with Gasteiger partial charge in [0.2, 0.25) is 0 Å². The standard InChI is InChI=1S/C33H66O4/c1-3-5-7-9-11-13-15-16-17-18-19-20-22-24-26-28-33(35)37-32(30-34)31-36-29-27-25-23-21-14-12-10-8-6-4-2/h32,34H,3-31H2,1-2H3. The van der Waals surface area contributed by atoms with E-state index in [0.717, 1.165) is 19.3 Å². The Morgan fingerprint density at radius 3 is 1.27 bits per heavy atom. The Hall–Kier alpha value is -0.610. The van der Waals surface area contributed by atoms with Crippen LogP contribution in [-0.2, 0) is 14.3 Å². The van der Waals surface area contributed by atoms with E-state index in [1.165, 1.54) is 141 Å². The molecule has 0 aliphatic rings. The lowest BCUT2D eigenvalue weighted by Crippen LogP contribution is -2.27. The summed E-state index contributed by atoms with van der Waals surface area (Å²) >= 11 is 0. The Bertz CT molecular complexity index is 440.